The van der Waals surface area contributed by atoms with Gasteiger partial charge in [-0.3, -0.25) is 14.6 Å². The summed E-state index contributed by atoms with van der Waals surface area (Å²) >= 11 is 0. The molecule has 0 unspecified atom stereocenters. The predicted molar refractivity (Wildman–Crippen MR) is 69.7 cm³/mol. The molecular weight excluding hydrogens is 226 g/mol. The fourth-order valence-corrected chi connectivity index (χ4v) is 2.46. The van der Waals surface area contributed by atoms with Gasteiger partial charge in [0, 0.05) is 51.1 Å². The summed E-state index contributed by atoms with van der Waals surface area (Å²) in [4.78, 5) is 6.53. The van der Waals surface area contributed by atoms with Crippen LogP contribution < -0.4 is 5.73 Å². The number of nitrogens with zero attached hydrogens (tertiary/aromatic N) is 4. The highest BCUT2D eigenvalue weighted by atomic mass is 15.3. The van der Waals surface area contributed by atoms with E-state index in [-0.39, 0.29) is 0 Å². The number of anilines is 1. The minimum atomic E-state index is 0.792. The average molecular weight is 243 g/mol. The molecule has 0 aliphatic carbocycles. The molecule has 0 fully saturated rings. The Hall–Kier alpha value is -1.88. The molecule has 0 spiro atoms. The lowest BCUT2D eigenvalue weighted by Gasteiger charge is -2.26. The summed E-state index contributed by atoms with van der Waals surface area (Å²) in [6.07, 6.45) is 4.69. The molecule has 0 atom stereocenters. The molecular formula is C13H17N5. The van der Waals surface area contributed by atoms with E-state index >= 15 is 0 Å². The number of hydrogen-bond acceptors (Lipinski definition) is 4. The molecule has 0 amide bonds. The number of aryl methyl sites for hydroxylation is 1. The summed E-state index contributed by atoms with van der Waals surface area (Å²) < 4.78 is 1.78. The second kappa shape index (κ2) is 4.42. The largest absolute Gasteiger partial charge is 0.384 e. The number of fused-ring (bicyclic) bond motifs is 1. The maximum atomic E-state index is 6.04. The second-order valence-corrected chi connectivity index (χ2v) is 4.76. The predicted octanol–water partition coefficient (Wildman–Crippen LogP) is 0.956. The summed E-state index contributed by atoms with van der Waals surface area (Å²) in [5.41, 5.74) is 9.62. The number of nitrogen functional groups attached to an aromatic ring is 1. The zero-order valence-corrected chi connectivity index (χ0v) is 10.5. The van der Waals surface area contributed by atoms with Crippen LogP contribution in [0.15, 0.2) is 24.5 Å². The molecule has 0 bridgehead atoms. The number of pyridine rings is 1. The van der Waals surface area contributed by atoms with E-state index in [1.54, 1.807) is 10.9 Å². The van der Waals surface area contributed by atoms with Crippen LogP contribution in [0.5, 0.6) is 0 Å². The normalized spacial score (nSPS) is 15.6. The van der Waals surface area contributed by atoms with Crippen molar-refractivity contribution < 1.29 is 0 Å². The van der Waals surface area contributed by atoms with Gasteiger partial charge in [0.1, 0.15) is 5.82 Å². The van der Waals surface area contributed by atoms with Crippen molar-refractivity contribution in [3.05, 3.63) is 41.3 Å². The van der Waals surface area contributed by atoms with Gasteiger partial charge in [0.25, 0.3) is 0 Å². The quantitative estimate of drug-likeness (QED) is 0.853. The molecule has 2 N–H and O–H groups in total. The van der Waals surface area contributed by atoms with E-state index in [0.717, 1.165) is 37.6 Å². The molecule has 3 heterocycles. The Morgan fingerprint density at radius 2 is 2.33 bits per heavy atom. The summed E-state index contributed by atoms with van der Waals surface area (Å²) in [6.45, 7) is 2.82. The number of hydrogen-bond donors (Lipinski definition) is 1. The molecule has 5 nitrogen and oxygen atoms in total. The topological polar surface area (TPSA) is 60.0 Å². The Labute approximate surface area is 106 Å². The fraction of sp³-hybridized carbons (Fsp3) is 0.385. The number of nitrogens with two attached hydrogens (primary N) is 1. The molecule has 3 rings (SSSR count). The second-order valence-electron chi connectivity index (χ2n) is 4.76. The lowest BCUT2D eigenvalue weighted by molar-refractivity contribution is 0.245. The van der Waals surface area contributed by atoms with Gasteiger partial charge < -0.3 is 5.73 Å². The lowest BCUT2D eigenvalue weighted by Crippen LogP contribution is -2.30. The highest BCUT2D eigenvalue weighted by Gasteiger charge is 2.22. The van der Waals surface area contributed by atoms with Gasteiger partial charge in [-0.2, -0.15) is 5.10 Å². The Kier molecular flexibility index (Phi) is 2.76. The average Bonchev–Trinajstić information content (AvgIpc) is 2.67. The first-order chi connectivity index (χ1) is 8.74. The Balaban J connectivity index is 1.77. The molecule has 2 aromatic rings. The molecule has 1 aliphatic rings. The molecule has 18 heavy (non-hydrogen) atoms. The highest BCUT2D eigenvalue weighted by molar-refractivity contribution is 5.44. The van der Waals surface area contributed by atoms with Gasteiger partial charge in [-0.1, -0.05) is 6.07 Å². The SMILES string of the molecule is Cn1nc2c(c1N)CN(Cc1cccnc1)CC2. The van der Waals surface area contributed by atoms with E-state index in [1.807, 2.05) is 19.3 Å². The van der Waals surface area contributed by atoms with Crippen LogP contribution in [0.4, 0.5) is 5.82 Å². The third-order valence-electron chi connectivity index (χ3n) is 3.45. The minimum Gasteiger partial charge on any atom is -0.384 e. The maximum Gasteiger partial charge on any atom is 0.126 e. The van der Waals surface area contributed by atoms with Gasteiger partial charge in [-0.25, -0.2) is 0 Å². The van der Waals surface area contributed by atoms with Crippen molar-refractivity contribution in [2.75, 3.05) is 12.3 Å². The van der Waals surface area contributed by atoms with Crippen molar-refractivity contribution in [3.8, 4) is 0 Å². The van der Waals surface area contributed by atoms with E-state index in [2.05, 4.69) is 21.0 Å². The maximum absolute atomic E-state index is 6.04. The van der Waals surface area contributed by atoms with Crippen molar-refractivity contribution in [3.63, 3.8) is 0 Å². The van der Waals surface area contributed by atoms with Crippen molar-refractivity contribution in [2.45, 2.75) is 19.5 Å². The monoisotopic (exact) mass is 243 g/mol. The van der Waals surface area contributed by atoms with Gasteiger partial charge in [0.15, 0.2) is 0 Å². The van der Waals surface area contributed by atoms with E-state index in [4.69, 9.17) is 5.73 Å². The van der Waals surface area contributed by atoms with Crippen molar-refractivity contribution in [2.24, 2.45) is 7.05 Å². The smallest absolute Gasteiger partial charge is 0.126 e. The van der Waals surface area contributed by atoms with Gasteiger partial charge >= 0.3 is 0 Å². The highest BCUT2D eigenvalue weighted by Crippen LogP contribution is 2.24. The first-order valence-corrected chi connectivity index (χ1v) is 6.15. The zero-order chi connectivity index (χ0) is 12.5. The van der Waals surface area contributed by atoms with Crippen LogP contribution in [0.1, 0.15) is 16.8 Å². The molecule has 0 radical (unpaired) electrons. The van der Waals surface area contributed by atoms with E-state index in [9.17, 15) is 0 Å². The summed E-state index contributed by atoms with van der Waals surface area (Å²) in [5.74, 6) is 0.792. The van der Waals surface area contributed by atoms with Crippen LogP contribution in [0.2, 0.25) is 0 Å². The minimum absolute atomic E-state index is 0.792. The fourth-order valence-electron chi connectivity index (χ4n) is 2.46. The van der Waals surface area contributed by atoms with Crippen LogP contribution in [0, 0.1) is 0 Å². The standard InChI is InChI=1S/C13H17N5/c1-17-13(14)11-9-18(6-4-12(11)16-17)8-10-3-2-5-15-7-10/h2-3,5,7H,4,6,8-9,14H2,1H3. The van der Waals surface area contributed by atoms with Gasteiger partial charge in [0.2, 0.25) is 0 Å². The molecule has 0 saturated carbocycles. The van der Waals surface area contributed by atoms with Gasteiger partial charge in [-0.15, -0.1) is 0 Å². The van der Waals surface area contributed by atoms with Crippen LogP contribution in [0.3, 0.4) is 0 Å². The molecule has 0 aromatic carbocycles. The van der Waals surface area contributed by atoms with E-state index in [0.29, 0.717) is 0 Å². The molecule has 5 heteroatoms. The van der Waals surface area contributed by atoms with Crippen LogP contribution in [-0.4, -0.2) is 26.2 Å². The zero-order valence-electron chi connectivity index (χ0n) is 10.5. The van der Waals surface area contributed by atoms with Gasteiger partial charge in [0.05, 0.1) is 5.69 Å². The summed E-state index contributed by atoms with van der Waals surface area (Å²) in [7, 11) is 1.90. The number of rotatable bonds is 2. The number of aromatic nitrogens is 3. The van der Waals surface area contributed by atoms with Crippen molar-refractivity contribution in [1.82, 2.24) is 19.7 Å². The summed E-state index contributed by atoms with van der Waals surface area (Å²) in [5, 5.41) is 4.44. The molecule has 2 aromatic heterocycles. The lowest BCUT2D eigenvalue weighted by atomic mass is 10.1. The van der Waals surface area contributed by atoms with Gasteiger partial charge in [-0.05, 0) is 11.6 Å². The van der Waals surface area contributed by atoms with Crippen LogP contribution in [-0.2, 0) is 26.6 Å². The molecule has 0 saturated heterocycles. The first-order valence-electron chi connectivity index (χ1n) is 6.15. The van der Waals surface area contributed by atoms with E-state index < -0.39 is 0 Å². The summed E-state index contributed by atoms with van der Waals surface area (Å²) in [6, 6.07) is 4.08. The Morgan fingerprint density at radius 3 is 3.11 bits per heavy atom. The molecule has 94 valence electrons. The Bertz CT molecular complexity index is 546. The van der Waals surface area contributed by atoms with Crippen molar-refractivity contribution in [1.29, 1.82) is 0 Å². The third-order valence-corrected chi connectivity index (χ3v) is 3.45. The van der Waals surface area contributed by atoms with E-state index in [1.165, 1.54) is 11.1 Å². The molecule has 1 aliphatic heterocycles. The van der Waals surface area contributed by atoms with Crippen LogP contribution in [0.25, 0.3) is 0 Å². The third kappa shape index (κ3) is 1.97. The first kappa shape index (κ1) is 11.2. The van der Waals surface area contributed by atoms with Crippen LogP contribution >= 0.6 is 0 Å². The Morgan fingerprint density at radius 1 is 1.44 bits per heavy atom. The van der Waals surface area contributed by atoms with Crippen molar-refractivity contribution >= 4 is 5.82 Å².